The van der Waals surface area contributed by atoms with Crippen LogP contribution in [0.3, 0.4) is 0 Å². The lowest BCUT2D eigenvalue weighted by Crippen LogP contribution is -2.29. The molecule has 1 unspecified atom stereocenters. The lowest BCUT2D eigenvalue weighted by Gasteiger charge is -2.13. The summed E-state index contributed by atoms with van der Waals surface area (Å²) in [6, 6.07) is 12.2. The van der Waals surface area contributed by atoms with Gasteiger partial charge >= 0.3 is 0 Å². The number of hydrogen-bond acceptors (Lipinski definition) is 5. The van der Waals surface area contributed by atoms with E-state index in [0.717, 1.165) is 18.9 Å². The van der Waals surface area contributed by atoms with Crippen LogP contribution in [0, 0.1) is 17.1 Å². The average Bonchev–Trinajstić information content (AvgIpc) is 3.13. The van der Waals surface area contributed by atoms with Gasteiger partial charge in [0.1, 0.15) is 18.2 Å². The van der Waals surface area contributed by atoms with E-state index in [1.54, 1.807) is 18.2 Å². The summed E-state index contributed by atoms with van der Waals surface area (Å²) in [5.74, 6) is 0.722. The van der Waals surface area contributed by atoms with Gasteiger partial charge < -0.3 is 15.4 Å². The van der Waals surface area contributed by atoms with Crippen LogP contribution in [0.4, 0.5) is 10.2 Å². The topological polar surface area (TPSA) is 70.0 Å². The largest absolute Gasteiger partial charge is 0.473 e. The fraction of sp³-hybridized carbons (Fsp3) is 0.333. The Morgan fingerprint density at radius 1 is 1.38 bits per heavy atom. The van der Waals surface area contributed by atoms with Gasteiger partial charge in [0.25, 0.3) is 0 Å². The van der Waals surface area contributed by atoms with Crippen LogP contribution in [0.1, 0.15) is 24.0 Å². The number of nitrogens with zero attached hydrogens (tertiary/aromatic N) is 2. The Bertz CT molecular complexity index is 738. The maximum atomic E-state index is 13.8. The Balaban J connectivity index is 1.57. The van der Waals surface area contributed by atoms with Crippen molar-refractivity contribution in [2.75, 3.05) is 18.4 Å². The highest BCUT2D eigenvalue weighted by molar-refractivity contribution is 5.37. The summed E-state index contributed by atoms with van der Waals surface area (Å²) in [5, 5.41) is 15.5. The number of rotatable bonds is 6. The highest BCUT2D eigenvalue weighted by Gasteiger charge is 2.13. The van der Waals surface area contributed by atoms with Crippen LogP contribution < -0.4 is 15.4 Å². The highest BCUT2D eigenvalue weighted by Crippen LogP contribution is 2.16. The average molecular weight is 326 g/mol. The molecule has 2 aromatic rings. The number of nitrogens with one attached hydrogen (secondary N) is 2. The number of nitriles is 1. The van der Waals surface area contributed by atoms with Crippen LogP contribution in [-0.4, -0.2) is 24.1 Å². The minimum atomic E-state index is -0.448. The molecule has 1 aliphatic heterocycles. The molecule has 3 rings (SSSR count). The lowest BCUT2D eigenvalue weighted by atomic mass is 10.1. The first kappa shape index (κ1) is 16.2. The Morgan fingerprint density at radius 3 is 3.04 bits per heavy atom. The molecule has 2 N–H and O–H groups in total. The number of aromatic nitrogens is 1. The molecule has 1 aromatic heterocycles. The molecule has 0 spiro atoms. The fourth-order valence-electron chi connectivity index (χ4n) is 2.64. The molecule has 0 amide bonds. The highest BCUT2D eigenvalue weighted by atomic mass is 19.1. The van der Waals surface area contributed by atoms with Crippen molar-refractivity contribution in [1.82, 2.24) is 10.3 Å². The smallest absolute Gasteiger partial charge is 0.215 e. The van der Waals surface area contributed by atoms with E-state index in [1.807, 2.05) is 18.2 Å². The minimum Gasteiger partial charge on any atom is -0.473 e. The standard InChI is InChI=1S/C18H19FN4O/c19-16-9-13(10-20)6-7-14(16)12-24-18-5-1-4-17(23-18)22-11-15-3-2-8-21-15/h1,4-7,9,15,21H,2-3,8,11-12H2,(H,22,23). The SMILES string of the molecule is N#Cc1ccc(COc2cccc(NCC3CCCN3)n2)c(F)c1. The van der Waals surface area contributed by atoms with Crippen molar-refractivity contribution >= 4 is 5.82 Å². The molecule has 0 radical (unpaired) electrons. The van der Waals surface area contributed by atoms with Crippen molar-refractivity contribution in [3.8, 4) is 11.9 Å². The molecule has 1 aromatic carbocycles. The monoisotopic (exact) mass is 326 g/mol. The summed E-state index contributed by atoms with van der Waals surface area (Å²) in [6.45, 7) is 1.96. The van der Waals surface area contributed by atoms with Gasteiger partial charge in [0.05, 0.1) is 11.6 Å². The number of pyridine rings is 1. The Labute approximate surface area is 140 Å². The van der Waals surface area contributed by atoms with E-state index in [4.69, 9.17) is 10.00 Å². The molecule has 6 heteroatoms. The predicted molar refractivity (Wildman–Crippen MR) is 89.2 cm³/mol. The zero-order valence-corrected chi connectivity index (χ0v) is 13.3. The van der Waals surface area contributed by atoms with Crippen molar-refractivity contribution in [3.05, 3.63) is 53.3 Å². The molecule has 1 fully saturated rings. The first-order valence-corrected chi connectivity index (χ1v) is 8.00. The van der Waals surface area contributed by atoms with Crippen LogP contribution in [0.15, 0.2) is 36.4 Å². The van der Waals surface area contributed by atoms with Crippen molar-refractivity contribution in [2.45, 2.75) is 25.5 Å². The molecule has 2 heterocycles. The molecule has 1 atom stereocenters. The van der Waals surface area contributed by atoms with Gasteiger partial charge in [-0.1, -0.05) is 12.1 Å². The zero-order valence-electron chi connectivity index (χ0n) is 13.3. The van der Waals surface area contributed by atoms with Gasteiger partial charge in [0.15, 0.2) is 0 Å². The van der Waals surface area contributed by atoms with Gasteiger partial charge in [0, 0.05) is 24.2 Å². The van der Waals surface area contributed by atoms with Crippen LogP contribution in [0.25, 0.3) is 0 Å². The molecule has 0 saturated carbocycles. The van der Waals surface area contributed by atoms with E-state index >= 15 is 0 Å². The number of ether oxygens (including phenoxy) is 1. The summed E-state index contributed by atoms with van der Waals surface area (Å²) >= 11 is 0. The molecule has 0 aliphatic carbocycles. The van der Waals surface area contributed by atoms with E-state index in [9.17, 15) is 4.39 Å². The summed E-state index contributed by atoms with van der Waals surface area (Å²) < 4.78 is 19.4. The second kappa shape index (κ2) is 7.75. The first-order chi connectivity index (χ1) is 11.7. The number of halogens is 1. The number of benzene rings is 1. The zero-order chi connectivity index (χ0) is 16.8. The number of hydrogen-bond donors (Lipinski definition) is 2. The summed E-state index contributed by atoms with van der Waals surface area (Å²) in [6.07, 6.45) is 2.38. The third-order valence-corrected chi connectivity index (χ3v) is 3.97. The maximum absolute atomic E-state index is 13.8. The van der Waals surface area contributed by atoms with E-state index in [1.165, 1.54) is 18.9 Å². The van der Waals surface area contributed by atoms with E-state index in [2.05, 4.69) is 15.6 Å². The van der Waals surface area contributed by atoms with Crippen molar-refractivity contribution in [2.24, 2.45) is 0 Å². The maximum Gasteiger partial charge on any atom is 0.215 e. The van der Waals surface area contributed by atoms with Crippen LogP contribution in [0.5, 0.6) is 5.88 Å². The Kier molecular flexibility index (Phi) is 5.24. The predicted octanol–water partition coefficient (Wildman–Crippen LogP) is 2.84. The molecule has 1 saturated heterocycles. The molecule has 1 aliphatic rings. The third kappa shape index (κ3) is 4.21. The van der Waals surface area contributed by atoms with Gasteiger partial charge in [-0.05, 0) is 37.6 Å². The van der Waals surface area contributed by atoms with Crippen LogP contribution in [-0.2, 0) is 6.61 Å². The Morgan fingerprint density at radius 2 is 2.29 bits per heavy atom. The normalized spacial score (nSPS) is 16.6. The van der Waals surface area contributed by atoms with Gasteiger partial charge in [-0.2, -0.15) is 10.2 Å². The summed E-state index contributed by atoms with van der Waals surface area (Å²) in [7, 11) is 0. The van der Waals surface area contributed by atoms with Crippen LogP contribution >= 0.6 is 0 Å². The minimum absolute atomic E-state index is 0.0676. The third-order valence-electron chi connectivity index (χ3n) is 3.97. The molecule has 0 bridgehead atoms. The second-order valence-electron chi connectivity index (χ2n) is 5.74. The van der Waals surface area contributed by atoms with E-state index < -0.39 is 5.82 Å². The van der Waals surface area contributed by atoms with Gasteiger partial charge in [-0.25, -0.2) is 4.39 Å². The van der Waals surface area contributed by atoms with Gasteiger partial charge in [-0.3, -0.25) is 0 Å². The van der Waals surface area contributed by atoms with Crippen LogP contribution in [0.2, 0.25) is 0 Å². The molecular formula is C18H19FN4O. The molecular weight excluding hydrogens is 307 g/mol. The van der Waals surface area contributed by atoms with Crippen molar-refractivity contribution in [3.63, 3.8) is 0 Å². The van der Waals surface area contributed by atoms with E-state index in [-0.39, 0.29) is 6.61 Å². The van der Waals surface area contributed by atoms with Gasteiger partial charge in [0.2, 0.25) is 5.88 Å². The second-order valence-corrected chi connectivity index (χ2v) is 5.74. The van der Waals surface area contributed by atoms with Crippen molar-refractivity contribution < 1.29 is 9.13 Å². The lowest BCUT2D eigenvalue weighted by molar-refractivity contribution is 0.288. The molecule has 5 nitrogen and oxygen atoms in total. The molecule has 124 valence electrons. The van der Waals surface area contributed by atoms with Gasteiger partial charge in [-0.15, -0.1) is 0 Å². The molecule has 24 heavy (non-hydrogen) atoms. The fourth-order valence-corrected chi connectivity index (χ4v) is 2.64. The quantitative estimate of drug-likeness (QED) is 0.854. The summed E-state index contributed by atoms with van der Waals surface area (Å²) in [5.41, 5.74) is 0.686. The Hall–Kier alpha value is -2.65. The number of anilines is 1. The van der Waals surface area contributed by atoms with Crippen molar-refractivity contribution in [1.29, 1.82) is 5.26 Å². The first-order valence-electron chi connectivity index (χ1n) is 8.00. The summed E-state index contributed by atoms with van der Waals surface area (Å²) in [4.78, 5) is 4.38. The van der Waals surface area contributed by atoms with E-state index in [0.29, 0.717) is 23.0 Å².